The summed E-state index contributed by atoms with van der Waals surface area (Å²) < 4.78 is 56.2. The van der Waals surface area contributed by atoms with Crippen molar-refractivity contribution >= 4 is 24.7 Å². The Labute approximate surface area is 156 Å². The molecule has 1 aliphatic heterocycles. The van der Waals surface area contributed by atoms with Crippen LogP contribution in [0.2, 0.25) is 5.02 Å². The number of hydrogen-bond acceptors (Lipinski definition) is 4. The molecule has 0 N–H and O–H groups in total. The Morgan fingerprint density at radius 2 is 1.77 bits per heavy atom. The molecular formula is C17H21BClF3O4. The van der Waals surface area contributed by atoms with Gasteiger partial charge in [0.15, 0.2) is 0 Å². The van der Waals surface area contributed by atoms with Crippen molar-refractivity contribution in [2.45, 2.75) is 57.3 Å². The van der Waals surface area contributed by atoms with Crippen LogP contribution in [0.3, 0.4) is 0 Å². The molecule has 1 heterocycles. The highest BCUT2D eigenvalue weighted by atomic mass is 35.5. The van der Waals surface area contributed by atoms with E-state index in [4.69, 9.17) is 20.9 Å². The lowest BCUT2D eigenvalue weighted by Crippen LogP contribution is -2.41. The normalized spacial score (nSPS) is 20.1. The van der Waals surface area contributed by atoms with Crippen LogP contribution < -0.4 is 0 Å². The Bertz CT molecular complexity index is 675. The van der Waals surface area contributed by atoms with Gasteiger partial charge in [-0.05, 0) is 45.4 Å². The van der Waals surface area contributed by atoms with Crippen molar-refractivity contribution in [2.75, 3.05) is 7.11 Å². The number of carbonyl (C=O) groups is 1. The number of ether oxygens (including phenoxy) is 1. The molecule has 1 unspecified atom stereocenters. The smallest absolute Gasteiger partial charge is 0.466 e. The van der Waals surface area contributed by atoms with Crippen molar-refractivity contribution in [3.63, 3.8) is 0 Å². The van der Waals surface area contributed by atoms with Crippen molar-refractivity contribution in [3.05, 3.63) is 34.3 Å². The fourth-order valence-electron chi connectivity index (χ4n) is 2.68. The van der Waals surface area contributed by atoms with E-state index >= 15 is 0 Å². The third kappa shape index (κ3) is 4.18. The van der Waals surface area contributed by atoms with Gasteiger partial charge in [0, 0.05) is 5.82 Å². The van der Waals surface area contributed by atoms with Crippen LogP contribution >= 0.6 is 11.6 Å². The summed E-state index contributed by atoms with van der Waals surface area (Å²) in [5.74, 6) is -1.35. The SMILES string of the molecule is COC(=O)CC(B1OC(C)(C)C(C)(C)O1)c1ccc(Cl)c(C(F)(F)F)c1. The topological polar surface area (TPSA) is 44.8 Å². The lowest BCUT2D eigenvalue weighted by Gasteiger charge is -2.32. The summed E-state index contributed by atoms with van der Waals surface area (Å²) in [6.45, 7) is 7.30. The largest absolute Gasteiger partial charge is 0.469 e. The molecule has 1 saturated heterocycles. The third-order valence-electron chi connectivity index (χ3n) is 4.94. The van der Waals surface area contributed by atoms with Crippen LogP contribution in [0, 0.1) is 0 Å². The second kappa shape index (κ2) is 7.05. The van der Waals surface area contributed by atoms with Gasteiger partial charge in [0.25, 0.3) is 0 Å². The Hall–Kier alpha value is -1.25. The molecule has 9 heteroatoms. The van der Waals surface area contributed by atoms with Gasteiger partial charge in [-0.3, -0.25) is 4.79 Å². The highest BCUT2D eigenvalue weighted by molar-refractivity contribution is 6.48. The van der Waals surface area contributed by atoms with E-state index < -0.39 is 46.9 Å². The lowest BCUT2D eigenvalue weighted by atomic mass is 9.66. The molecule has 0 bridgehead atoms. The molecule has 0 aromatic heterocycles. The maximum absolute atomic E-state index is 13.2. The van der Waals surface area contributed by atoms with E-state index in [1.165, 1.54) is 13.2 Å². The molecule has 0 amide bonds. The number of esters is 1. The maximum atomic E-state index is 13.2. The predicted molar refractivity (Wildman–Crippen MR) is 91.9 cm³/mol. The van der Waals surface area contributed by atoms with Crippen molar-refractivity contribution in [2.24, 2.45) is 0 Å². The fraction of sp³-hybridized carbons (Fsp3) is 0.588. The molecule has 1 aromatic carbocycles. The van der Waals surface area contributed by atoms with E-state index in [9.17, 15) is 18.0 Å². The second-order valence-electron chi connectivity index (χ2n) is 7.25. The van der Waals surface area contributed by atoms with Crippen LogP contribution in [0.25, 0.3) is 0 Å². The van der Waals surface area contributed by atoms with Gasteiger partial charge in [-0.2, -0.15) is 13.2 Å². The summed E-state index contributed by atoms with van der Waals surface area (Å²) in [6.07, 6.45) is -4.80. The summed E-state index contributed by atoms with van der Waals surface area (Å²) in [5.41, 5.74) is -2.11. The number of carbonyl (C=O) groups excluding carboxylic acids is 1. The first-order valence-corrected chi connectivity index (χ1v) is 8.45. The molecule has 1 fully saturated rings. The number of halogens is 4. The number of alkyl halides is 3. The van der Waals surface area contributed by atoms with Gasteiger partial charge in [0.05, 0.1) is 35.3 Å². The first-order chi connectivity index (χ1) is 11.8. The van der Waals surface area contributed by atoms with Gasteiger partial charge in [-0.25, -0.2) is 0 Å². The Morgan fingerprint density at radius 3 is 2.23 bits per heavy atom. The first kappa shape index (κ1) is 21.1. The molecule has 26 heavy (non-hydrogen) atoms. The van der Waals surface area contributed by atoms with Gasteiger partial charge in [0.1, 0.15) is 0 Å². The van der Waals surface area contributed by atoms with E-state index in [0.29, 0.717) is 0 Å². The quantitative estimate of drug-likeness (QED) is 0.553. The van der Waals surface area contributed by atoms with E-state index in [2.05, 4.69) is 4.74 Å². The Kier molecular flexibility index (Phi) is 5.71. The number of benzene rings is 1. The molecule has 0 saturated carbocycles. The number of methoxy groups -OCH3 is 1. The van der Waals surface area contributed by atoms with E-state index in [0.717, 1.165) is 12.1 Å². The van der Waals surface area contributed by atoms with E-state index in [1.54, 1.807) is 0 Å². The van der Waals surface area contributed by atoms with Crippen LogP contribution in [-0.4, -0.2) is 31.4 Å². The summed E-state index contributed by atoms with van der Waals surface area (Å²) >= 11 is 5.69. The van der Waals surface area contributed by atoms with Crippen LogP contribution in [0.15, 0.2) is 18.2 Å². The zero-order chi connectivity index (χ0) is 19.9. The zero-order valence-electron chi connectivity index (χ0n) is 15.2. The summed E-state index contributed by atoms with van der Waals surface area (Å²) in [5, 5.41) is -0.410. The molecule has 2 rings (SSSR count). The fourth-order valence-corrected chi connectivity index (χ4v) is 2.90. The van der Waals surface area contributed by atoms with Gasteiger partial charge < -0.3 is 14.0 Å². The number of hydrogen-bond donors (Lipinski definition) is 0. The van der Waals surface area contributed by atoms with Crippen LogP contribution in [0.4, 0.5) is 13.2 Å². The van der Waals surface area contributed by atoms with E-state index in [-0.39, 0.29) is 12.0 Å². The van der Waals surface area contributed by atoms with Gasteiger partial charge in [0.2, 0.25) is 0 Å². The minimum absolute atomic E-state index is 0.188. The Balaban J connectivity index is 2.45. The lowest BCUT2D eigenvalue weighted by molar-refractivity contribution is -0.140. The minimum Gasteiger partial charge on any atom is -0.469 e. The van der Waals surface area contributed by atoms with Crippen LogP contribution in [0.5, 0.6) is 0 Å². The van der Waals surface area contributed by atoms with Gasteiger partial charge in [-0.1, -0.05) is 17.7 Å². The molecule has 1 atom stereocenters. The average molecular weight is 393 g/mol. The monoisotopic (exact) mass is 392 g/mol. The van der Waals surface area contributed by atoms with Crippen LogP contribution in [-0.2, 0) is 25.0 Å². The summed E-state index contributed by atoms with van der Waals surface area (Å²) in [7, 11) is 0.313. The Morgan fingerprint density at radius 1 is 1.23 bits per heavy atom. The van der Waals surface area contributed by atoms with Gasteiger partial charge >= 0.3 is 19.3 Å². The summed E-state index contributed by atoms with van der Waals surface area (Å²) in [4.78, 5) is 11.8. The molecule has 0 radical (unpaired) electrons. The standard InChI is InChI=1S/C17H21BClF3O4/c1-15(2)16(3,4)26-18(25-15)12(9-14(23)24-5)10-6-7-13(19)11(8-10)17(20,21)22/h6-8,12H,9H2,1-5H3. The zero-order valence-corrected chi connectivity index (χ0v) is 16.0. The van der Waals surface area contributed by atoms with E-state index in [1.807, 2.05) is 27.7 Å². The molecule has 1 aliphatic rings. The number of rotatable bonds is 4. The minimum atomic E-state index is -4.61. The van der Waals surface area contributed by atoms with Crippen molar-refractivity contribution < 1.29 is 32.0 Å². The van der Waals surface area contributed by atoms with Crippen molar-refractivity contribution in [1.82, 2.24) is 0 Å². The molecule has 4 nitrogen and oxygen atoms in total. The highest BCUT2D eigenvalue weighted by Gasteiger charge is 2.54. The highest BCUT2D eigenvalue weighted by Crippen LogP contribution is 2.43. The molecular weight excluding hydrogens is 371 g/mol. The first-order valence-electron chi connectivity index (χ1n) is 8.07. The average Bonchev–Trinajstić information content (AvgIpc) is 2.72. The predicted octanol–water partition coefficient (Wildman–Crippen LogP) is 4.64. The summed E-state index contributed by atoms with van der Waals surface area (Å²) in [6, 6.07) is 3.53. The van der Waals surface area contributed by atoms with Gasteiger partial charge in [-0.15, -0.1) is 0 Å². The van der Waals surface area contributed by atoms with Crippen LogP contribution in [0.1, 0.15) is 51.1 Å². The molecule has 1 aromatic rings. The molecule has 0 aliphatic carbocycles. The van der Waals surface area contributed by atoms with Crippen molar-refractivity contribution in [1.29, 1.82) is 0 Å². The van der Waals surface area contributed by atoms with Crippen molar-refractivity contribution in [3.8, 4) is 0 Å². The molecule has 144 valence electrons. The molecule has 0 spiro atoms. The second-order valence-corrected chi connectivity index (χ2v) is 7.66. The maximum Gasteiger partial charge on any atom is 0.466 e. The third-order valence-corrected chi connectivity index (χ3v) is 5.27.